The van der Waals surface area contributed by atoms with E-state index in [1.54, 1.807) is 48.5 Å². The monoisotopic (exact) mass is 291 g/mol. The van der Waals surface area contributed by atoms with Gasteiger partial charge in [0.2, 0.25) is 0 Å². The van der Waals surface area contributed by atoms with Crippen LogP contribution in [0.5, 0.6) is 0 Å². The molecule has 0 aliphatic carbocycles. The number of nitrogens with one attached hydrogen (secondary N) is 1. The van der Waals surface area contributed by atoms with Crippen molar-refractivity contribution < 1.29 is 14.7 Å². The Hall–Kier alpha value is -3.14. The lowest BCUT2D eigenvalue weighted by molar-refractivity contribution is 0.0700. The van der Waals surface area contributed by atoms with Gasteiger partial charge in [0.15, 0.2) is 0 Å². The second kappa shape index (κ2) is 5.69. The molecule has 3 aromatic carbocycles. The first kappa shape index (κ1) is 13.8. The summed E-state index contributed by atoms with van der Waals surface area (Å²) in [5.74, 6) is -1.40. The maximum absolute atomic E-state index is 12.2. The van der Waals surface area contributed by atoms with Gasteiger partial charge in [-0.3, -0.25) is 4.79 Å². The fourth-order valence-electron chi connectivity index (χ4n) is 2.39. The van der Waals surface area contributed by atoms with Crippen LogP contribution in [0, 0.1) is 0 Å². The van der Waals surface area contributed by atoms with Crippen molar-refractivity contribution >= 4 is 28.3 Å². The molecule has 0 fully saturated rings. The number of carbonyl (C=O) groups is 2. The van der Waals surface area contributed by atoms with Gasteiger partial charge in [0.05, 0.1) is 11.3 Å². The summed E-state index contributed by atoms with van der Waals surface area (Å²) in [5, 5.41) is 13.6. The molecule has 0 atom stereocenters. The summed E-state index contributed by atoms with van der Waals surface area (Å²) < 4.78 is 0. The molecule has 2 N–H and O–H groups in total. The van der Waals surface area contributed by atoms with E-state index in [0.29, 0.717) is 16.6 Å². The number of hydrogen-bond donors (Lipinski definition) is 2. The summed E-state index contributed by atoms with van der Waals surface area (Å²) in [4.78, 5) is 23.8. The maximum Gasteiger partial charge on any atom is 0.338 e. The molecule has 108 valence electrons. The number of rotatable bonds is 3. The Morgan fingerprint density at radius 1 is 0.818 bits per heavy atom. The van der Waals surface area contributed by atoms with Crippen molar-refractivity contribution in [1.82, 2.24) is 0 Å². The number of amides is 1. The van der Waals surface area contributed by atoms with Gasteiger partial charge < -0.3 is 10.4 Å². The Kier molecular flexibility index (Phi) is 3.58. The standard InChI is InChI=1S/C18H13NO3/c20-17(13-7-2-1-3-8-13)19-15-11-10-12-6-4-5-9-14(12)16(15)18(21)22/h1-11H,(H,19,20)(H,21,22). The molecule has 1 amide bonds. The van der Waals surface area contributed by atoms with Crippen molar-refractivity contribution in [1.29, 1.82) is 0 Å². The summed E-state index contributed by atoms with van der Waals surface area (Å²) in [6.07, 6.45) is 0. The van der Waals surface area contributed by atoms with Crippen molar-refractivity contribution in [3.05, 3.63) is 77.9 Å². The highest BCUT2D eigenvalue weighted by atomic mass is 16.4. The summed E-state index contributed by atoms with van der Waals surface area (Å²) >= 11 is 0. The molecular weight excluding hydrogens is 278 g/mol. The second-order valence-corrected chi connectivity index (χ2v) is 4.83. The first-order valence-electron chi connectivity index (χ1n) is 6.78. The number of carbonyl (C=O) groups excluding carboxylic acids is 1. The maximum atomic E-state index is 12.2. The smallest absolute Gasteiger partial charge is 0.338 e. The Morgan fingerprint density at radius 3 is 2.23 bits per heavy atom. The lowest BCUT2D eigenvalue weighted by Crippen LogP contribution is -2.15. The van der Waals surface area contributed by atoms with Crippen molar-refractivity contribution in [2.45, 2.75) is 0 Å². The van der Waals surface area contributed by atoms with E-state index in [1.807, 2.05) is 18.2 Å². The summed E-state index contributed by atoms with van der Waals surface area (Å²) in [5.41, 5.74) is 0.870. The largest absolute Gasteiger partial charge is 0.478 e. The van der Waals surface area contributed by atoms with Crippen LogP contribution in [0.1, 0.15) is 20.7 Å². The third-order valence-electron chi connectivity index (χ3n) is 3.43. The molecule has 0 spiro atoms. The van der Waals surface area contributed by atoms with E-state index in [2.05, 4.69) is 5.32 Å². The summed E-state index contributed by atoms with van der Waals surface area (Å²) in [6.45, 7) is 0. The van der Waals surface area contributed by atoms with E-state index in [0.717, 1.165) is 5.39 Å². The lowest BCUT2D eigenvalue weighted by Gasteiger charge is -2.11. The highest BCUT2D eigenvalue weighted by Crippen LogP contribution is 2.26. The lowest BCUT2D eigenvalue weighted by atomic mass is 10.0. The van der Waals surface area contributed by atoms with Gasteiger partial charge >= 0.3 is 5.97 Å². The van der Waals surface area contributed by atoms with E-state index in [9.17, 15) is 14.7 Å². The van der Waals surface area contributed by atoms with Crippen molar-refractivity contribution in [3.63, 3.8) is 0 Å². The zero-order chi connectivity index (χ0) is 15.5. The average Bonchev–Trinajstić information content (AvgIpc) is 2.55. The summed E-state index contributed by atoms with van der Waals surface area (Å²) in [6, 6.07) is 19.3. The number of benzene rings is 3. The van der Waals surface area contributed by atoms with Crippen LogP contribution in [-0.4, -0.2) is 17.0 Å². The van der Waals surface area contributed by atoms with Crippen LogP contribution >= 0.6 is 0 Å². The van der Waals surface area contributed by atoms with Crippen molar-refractivity contribution in [3.8, 4) is 0 Å². The van der Waals surface area contributed by atoms with E-state index in [-0.39, 0.29) is 11.5 Å². The highest BCUT2D eigenvalue weighted by Gasteiger charge is 2.16. The third-order valence-corrected chi connectivity index (χ3v) is 3.43. The average molecular weight is 291 g/mol. The molecule has 22 heavy (non-hydrogen) atoms. The quantitative estimate of drug-likeness (QED) is 0.771. The molecule has 0 unspecified atom stereocenters. The Labute approximate surface area is 127 Å². The predicted molar refractivity (Wildman–Crippen MR) is 85.3 cm³/mol. The van der Waals surface area contributed by atoms with Crippen LogP contribution in [0.25, 0.3) is 10.8 Å². The van der Waals surface area contributed by atoms with E-state index in [1.165, 1.54) is 0 Å². The molecule has 0 aliphatic heterocycles. The molecule has 0 heterocycles. The van der Waals surface area contributed by atoms with Gasteiger partial charge in [-0.1, -0.05) is 48.5 Å². The number of aromatic carboxylic acids is 1. The van der Waals surface area contributed by atoms with Crippen LogP contribution in [0.4, 0.5) is 5.69 Å². The number of hydrogen-bond acceptors (Lipinski definition) is 2. The minimum Gasteiger partial charge on any atom is -0.478 e. The van der Waals surface area contributed by atoms with E-state index < -0.39 is 5.97 Å². The van der Waals surface area contributed by atoms with Gasteiger partial charge in [0.1, 0.15) is 0 Å². The number of anilines is 1. The van der Waals surface area contributed by atoms with Gasteiger partial charge in [-0.15, -0.1) is 0 Å². The number of carboxylic acid groups (broad SMARTS) is 1. The number of carboxylic acids is 1. The molecule has 3 aromatic rings. The first-order chi connectivity index (χ1) is 10.7. The van der Waals surface area contributed by atoms with Crippen LogP contribution in [0.2, 0.25) is 0 Å². The molecule has 0 aliphatic rings. The summed E-state index contributed by atoms with van der Waals surface area (Å²) in [7, 11) is 0. The highest BCUT2D eigenvalue weighted by molar-refractivity contribution is 6.13. The molecule has 4 heteroatoms. The Morgan fingerprint density at radius 2 is 1.50 bits per heavy atom. The topological polar surface area (TPSA) is 66.4 Å². The first-order valence-corrected chi connectivity index (χ1v) is 6.78. The third kappa shape index (κ3) is 2.54. The van der Waals surface area contributed by atoms with E-state index >= 15 is 0 Å². The zero-order valence-corrected chi connectivity index (χ0v) is 11.6. The van der Waals surface area contributed by atoms with Crippen LogP contribution in [0.15, 0.2) is 66.7 Å². The van der Waals surface area contributed by atoms with Gasteiger partial charge in [-0.2, -0.15) is 0 Å². The van der Waals surface area contributed by atoms with Crippen LogP contribution in [0.3, 0.4) is 0 Å². The van der Waals surface area contributed by atoms with Gasteiger partial charge in [-0.25, -0.2) is 4.79 Å². The Balaban J connectivity index is 2.06. The van der Waals surface area contributed by atoms with Gasteiger partial charge in [0.25, 0.3) is 5.91 Å². The van der Waals surface area contributed by atoms with Crippen LogP contribution in [-0.2, 0) is 0 Å². The molecule has 0 bridgehead atoms. The zero-order valence-electron chi connectivity index (χ0n) is 11.6. The van der Waals surface area contributed by atoms with Crippen LogP contribution < -0.4 is 5.32 Å². The normalized spacial score (nSPS) is 10.4. The van der Waals surface area contributed by atoms with Crippen molar-refractivity contribution in [2.24, 2.45) is 0 Å². The molecule has 3 rings (SSSR count). The molecular formula is C18H13NO3. The SMILES string of the molecule is O=C(Nc1ccc2ccccc2c1C(=O)O)c1ccccc1. The van der Waals surface area contributed by atoms with Gasteiger partial charge in [-0.05, 0) is 29.0 Å². The fraction of sp³-hybridized carbons (Fsp3) is 0. The second-order valence-electron chi connectivity index (χ2n) is 4.83. The van der Waals surface area contributed by atoms with Gasteiger partial charge in [0, 0.05) is 5.56 Å². The molecule has 0 aromatic heterocycles. The minimum atomic E-state index is -1.07. The fourth-order valence-corrected chi connectivity index (χ4v) is 2.39. The van der Waals surface area contributed by atoms with E-state index in [4.69, 9.17) is 0 Å². The minimum absolute atomic E-state index is 0.0994. The van der Waals surface area contributed by atoms with Crippen molar-refractivity contribution in [2.75, 3.05) is 5.32 Å². The molecule has 0 radical (unpaired) electrons. The molecule has 4 nitrogen and oxygen atoms in total. The molecule has 0 saturated carbocycles. The molecule has 0 saturated heterocycles. The number of fused-ring (bicyclic) bond motifs is 1. The Bertz CT molecular complexity index is 857. The predicted octanol–water partition coefficient (Wildman–Crippen LogP) is 3.79.